The van der Waals surface area contributed by atoms with E-state index in [9.17, 15) is 58.9 Å². The van der Waals surface area contributed by atoms with E-state index in [0.717, 1.165) is 64.2 Å². The van der Waals surface area contributed by atoms with E-state index in [-0.39, 0.29) is 18.9 Å². The van der Waals surface area contributed by atoms with Gasteiger partial charge in [0.05, 0.1) is 12.7 Å². The number of esters is 2. The van der Waals surface area contributed by atoms with E-state index in [0.29, 0.717) is 19.3 Å². The van der Waals surface area contributed by atoms with Crippen molar-refractivity contribution in [3.63, 3.8) is 0 Å². The number of carbonyl (C=O) groups excluding carboxylic acids is 2. The second-order valence-corrected chi connectivity index (χ2v) is 19.6. The normalized spacial score (nSPS) is 22.4. The molecule has 66 heavy (non-hydrogen) atoms. The van der Waals surface area contributed by atoms with Crippen molar-refractivity contribution in [2.24, 2.45) is 0 Å². The second kappa shape index (κ2) is 37.8. The Morgan fingerprint density at radius 1 is 0.545 bits per heavy atom. The highest BCUT2D eigenvalue weighted by Crippen LogP contribution is 2.49. The molecule has 1 aliphatic rings. The molecule has 1 fully saturated rings. The minimum absolute atomic E-state index is 0.0275. The van der Waals surface area contributed by atoms with Gasteiger partial charge in [-0.25, -0.2) is 9.13 Å². The summed E-state index contributed by atoms with van der Waals surface area (Å²) in [5.74, 6) is -1.29. The number of hydrogen-bond donors (Lipinski definition) is 8. The highest BCUT2D eigenvalue weighted by Gasteiger charge is 2.54. The molecule has 17 nitrogen and oxygen atoms in total. The molecule has 1 aliphatic carbocycles. The van der Waals surface area contributed by atoms with Crippen molar-refractivity contribution in [2.45, 2.75) is 223 Å². The average Bonchev–Trinajstić information content (AvgIpc) is 3.27. The van der Waals surface area contributed by atoms with E-state index in [4.69, 9.17) is 18.5 Å². The molecule has 19 heteroatoms. The summed E-state index contributed by atoms with van der Waals surface area (Å²) in [7, 11) is -10.7. The predicted octanol–water partition coefficient (Wildman–Crippen LogP) is 8.26. The molecule has 1 saturated carbocycles. The summed E-state index contributed by atoms with van der Waals surface area (Å²) in [5.41, 5.74) is 0. The number of hydrogen-bond acceptors (Lipinski definition) is 14. The van der Waals surface area contributed by atoms with Crippen LogP contribution >= 0.6 is 15.6 Å². The van der Waals surface area contributed by atoms with Crippen molar-refractivity contribution in [2.75, 3.05) is 13.2 Å². The van der Waals surface area contributed by atoms with Gasteiger partial charge in [-0.15, -0.1) is 0 Å². The zero-order chi connectivity index (χ0) is 49.1. The van der Waals surface area contributed by atoms with Crippen LogP contribution in [0.2, 0.25) is 0 Å². The van der Waals surface area contributed by atoms with Gasteiger partial charge < -0.3 is 49.7 Å². The summed E-state index contributed by atoms with van der Waals surface area (Å²) in [6.45, 7) is 2.79. The lowest BCUT2D eigenvalue weighted by atomic mass is 9.85. The van der Waals surface area contributed by atoms with Crippen LogP contribution in [0.3, 0.4) is 0 Å². The maximum Gasteiger partial charge on any atom is 0.472 e. The Morgan fingerprint density at radius 2 is 1.00 bits per heavy atom. The lowest BCUT2D eigenvalue weighted by molar-refractivity contribution is -0.216. The summed E-state index contributed by atoms with van der Waals surface area (Å²) < 4.78 is 49.3. The van der Waals surface area contributed by atoms with Crippen LogP contribution < -0.4 is 0 Å². The molecule has 384 valence electrons. The first kappa shape index (κ1) is 61.9. The van der Waals surface area contributed by atoms with Crippen molar-refractivity contribution in [3.05, 3.63) is 48.6 Å². The monoisotopic (exact) mass is 983 g/mol. The molecule has 0 heterocycles. The zero-order valence-electron chi connectivity index (χ0n) is 39.5. The van der Waals surface area contributed by atoms with Crippen LogP contribution in [0.1, 0.15) is 174 Å². The number of aliphatic hydroxyl groups excluding tert-OH is 5. The maximum atomic E-state index is 13.0. The largest absolute Gasteiger partial charge is 0.472 e. The third-order valence-corrected chi connectivity index (χ3v) is 12.6. The highest BCUT2D eigenvalue weighted by molar-refractivity contribution is 7.47. The molecule has 0 aromatic rings. The third-order valence-electron chi connectivity index (χ3n) is 11.1. The van der Waals surface area contributed by atoms with Gasteiger partial charge in [-0.2, -0.15) is 0 Å². The second-order valence-electron chi connectivity index (χ2n) is 17.0. The van der Waals surface area contributed by atoms with E-state index in [1.165, 1.54) is 64.2 Å². The van der Waals surface area contributed by atoms with Crippen LogP contribution in [0.4, 0.5) is 0 Å². The van der Waals surface area contributed by atoms with Gasteiger partial charge in [-0.1, -0.05) is 152 Å². The van der Waals surface area contributed by atoms with Crippen molar-refractivity contribution >= 4 is 27.6 Å². The van der Waals surface area contributed by atoms with Gasteiger partial charge in [0.2, 0.25) is 0 Å². The Kier molecular flexibility index (Phi) is 35.4. The third kappa shape index (κ3) is 31.9. The standard InChI is InChI=1S/C47H84O17P2/c1-3-5-6-7-8-9-10-11-12-17-20-23-26-29-32-35-41(50)62-39(37-61-66(58,59)64-47-44(53)42(51)43(52)46(45(47)54)63-65(55,56)57)36-60-40(49)34-31-28-25-22-19-16-14-13-15-18-21-24-27-30-33-38(48)4-2/h14-16,18,22,24-25,27,38-39,42-48,51-54H,3-13,17,19-21,23,26,28-37H2,1-2H3,(H,58,59)(H2,55,56,57)/b16-14-,18-15-,25-22-,27-24-/t38-,39+,42?,43?,44?,45?,46+,47-/m0/s1. The van der Waals surface area contributed by atoms with Gasteiger partial charge in [-0.05, 0) is 57.8 Å². The molecule has 0 radical (unpaired) electrons. The first-order valence-corrected chi connectivity index (χ1v) is 27.3. The lowest BCUT2D eigenvalue weighted by Gasteiger charge is -2.43. The number of phosphoric acid groups is 2. The molecular formula is C47H84O17P2. The number of aliphatic hydroxyl groups is 5. The van der Waals surface area contributed by atoms with Crippen LogP contribution in [0.25, 0.3) is 0 Å². The first-order valence-electron chi connectivity index (χ1n) is 24.3. The summed E-state index contributed by atoms with van der Waals surface area (Å²) in [5, 5.41) is 50.8. The van der Waals surface area contributed by atoms with Gasteiger partial charge in [0.15, 0.2) is 6.10 Å². The average molecular weight is 983 g/mol. The van der Waals surface area contributed by atoms with E-state index in [1.807, 2.05) is 25.2 Å². The molecule has 0 saturated heterocycles. The lowest BCUT2D eigenvalue weighted by Crippen LogP contribution is -2.64. The number of allylic oxidation sites excluding steroid dienone is 8. The molecule has 0 aromatic heterocycles. The van der Waals surface area contributed by atoms with E-state index < -0.39 is 83.5 Å². The van der Waals surface area contributed by atoms with Crippen LogP contribution in [0, 0.1) is 0 Å². The fourth-order valence-electron chi connectivity index (χ4n) is 7.12. The van der Waals surface area contributed by atoms with Crippen molar-refractivity contribution in [3.8, 4) is 0 Å². The molecule has 0 amide bonds. The Labute approximate surface area is 393 Å². The van der Waals surface area contributed by atoms with E-state index >= 15 is 0 Å². The Bertz CT molecular complexity index is 1480. The quantitative estimate of drug-likeness (QED) is 0.0124. The minimum atomic E-state index is -5.37. The highest BCUT2D eigenvalue weighted by atomic mass is 31.2. The maximum absolute atomic E-state index is 13.0. The summed E-state index contributed by atoms with van der Waals surface area (Å²) in [4.78, 5) is 54.3. The molecule has 5 unspecified atom stereocenters. The Hall–Kier alpha value is -2.08. The van der Waals surface area contributed by atoms with Gasteiger partial charge in [0, 0.05) is 12.8 Å². The number of ether oxygens (including phenoxy) is 2. The van der Waals surface area contributed by atoms with Crippen molar-refractivity contribution < 1.29 is 82.0 Å². The van der Waals surface area contributed by atoms with Crippen molar-refractivity contribution in [1.82, 2.24) is 0 Å². The summed E-state index contributed by atoms with van der Waals surface area (Å²) in [6, 6.07) is 0. The topological polar surface area (TPSA) is 276 Å². The number of rotatable bonds is 40. The van der Waals surface area contributed by atoms with Gasteiger partial charge in [0.25, 0.3) is 0 Å². The molecule has 0 spiro atoms. The van der Waals surface area contributed by atoms with E-state index in [2.05, 4.69) is 41.8 Å². The Morgan fingerprint density at radius 3 is 1.50 bits per heavy atom. The molecular weight excluding hydrogens is 898 g/mol. The molecule has 0 bridgehead atoms. The number of phosphoric ester groups is 2. The molecule has 1 rings (SSSR count). The fraction of sp³-hybridized carbons (Fsp3) is 0.787. The minimum Gasteiger partial charge on any atom is -0.462 e. The van der Waals surface area contributed by atoms with E-state index in [1.54, 1.807) is 0 Å². The van der Waals surface area contributed by atoms with Crippen LogP contribution in [0.5, 0.6) is 0 Å². The van der Waals surface area contributed by atoms with Crippen LogP contribution in [0.15, 0.2) is 48.6 Å². The molecule has 0 aromatic carbocycles. The Balaban J connectivity index is 2.62. The first-order chi connectivity index (χ1) is 31.5. The van der Waals surface area contributed by atoms with Gasteiger partial charge in [-0.3, -0.25) is 23.2 Å². The SMILES string of the molecule is CCCCCCCCCCCCCCCCCC(=O)O[C@H](COC(=O)CCC/C=C\C/C=C\C/C=C\C/C=C\CC[C@@H](O)CC)COP(=O)(O)O[C@H]1C(O)C(O)C(O)[C@@H](OP(=O)(O)O)C1O. The number of carbonyl (C=O) groups is 2. The van der Waals surface area contributed by atoms with Crippen LogP contribution in [-0.2, 0) is 41.8 Å². The summed E-state index contributed by atoms with van der Waals surface area (Å²) in [6.07, 6.45) is 24.4. The van der Waals surface area contributed by atoms with Crippen LogP contribution in [-0.4, -0.2) is 114 Å². The number of unbranched alkanes of at least 4 members (excludes halogenated alkanes) is 15. The predicted molar refractivity (Wildman–Crippen MR) is 252 cm³/mol. The molecule has 9 atom stereocenters. The van der Waals surface area contributed by atoms with Gasteiger partial charge in [0.1, 0.15) is 43.2 Å². The van der Waals surface area contributed by atoms with Gasteiger partial charge >= 0.3 is 27.6 Å². The fourth-order valence-corrected chi connectivity index (χ4v) is 8.66. The summed E-state index contributed by atoms with van der Waals surface area (Å²) >= 11 is 0. The zero-order valence-corrected chi connectivity index (χ0v) is 41.3. The van der Waals surface area contributed by atoms with Crippen molar-refractivity contribution in [1.29, 1.82) is 0 Å². The molecule has 8 N–H and O–H groups in total. The molecule has 0 aliphatic heterocycles. The smallest absolute Gasteiger partial charge is 0.462 e.